The van der Waals surface area contributed by atoms with E-state index in [1.165, 1.54) is 18.2 Å². The second-order valence-electron chi connectivity index (χ2n) is 7.48. The van der Waals surface area contributed by atoms with Gasteiger partial charge in [0, 0.05) is 29.4 Å². The predicted molar refractivity (Wildman–Crippen MR) is 115 cm³/mol. The van der Waals surface area contributed by atoms with Gasteiger partial charge in [-0.15, -0.1) is 0 Å². The molecule has 2 aromatic rings. The van der Waals surface area contributed by atoms with Crippen LogP contribution in [0.3, 0.4) is 0 Å². The van der Waals surface area contributed by atoms with Crippen LogP contribution in [0.25, 0.3) is 0 Å². The number of aryl methyl sites for hydroxylation is 1. The highest BCUT2D eigenvalue weighted by Crippen LogP contribution is 2.18. The van der Waals surface area contributed by atoms with E-state index in [0.29, 0.717) is 16.9 Å². The summed E-state index contributed by atoms with van der Waals surface area (Å²) < 4.78 is 36.8. The summed E-state index contributed by atoms with van der Waals surface area (Å²) in [5.74, 6) is -1.13. The minimum Gasteiger partial charge on any atom is -0.343 e. The Balaban J connectivity index is 1.92. The Hall–Kier alpha value is -3.56. The molecule has 0 aliphatic rings. The van der Waals surface area contributed by atoms with Gasteiger partial charge >= 0.3 is 12.2 Å². The van der Waals surface area contributed by atoms with Gasteiger partial charge in [0.25, 0.3) is 5.91 Å². The minimum atomic E-state index is -4.51. The molecule has 0 saturated carbocycles. The van der Waals surface area contributed by atoms with Crippen molar-refractivity contribution in [2.75, 3.05) is 17.2 Å². The Kier molecular flexibility index (Phi) is 8.22. The largest absolute Gasteiger partial charge is 0.405 e. The van der Waals surface area contributed by atoms with Crippen molar-refractivity contribution in [3.63, 3.8) is 0 Å². The van der Waals surface area contributed by atoms with Gasteiger partial charge in [-0.2, -0.15) is 13.2 Å². The second kappa shape index (κ2) is 10.7. The fraction of sp³-hybridized carbons (Fsp3) is 0.318. The van der Waals surface area contributed by atoms with Gasteiger partial charge in [-0.3, -0.25) is 9.59 Å². The van der Waals surface area contributed by atoms with E-state index in [9.17, 15) is 27.6 Å². The fourth-order valence-corrected chi connectivity index (χ4v) is 2.52. The maximum Gasteiger partial charge on any atom is 0.405 e. The first-order chi connectivity index (χ1) is 14.9. The van der Waals surface area contributed by atoms with Gasteiger partial charge in [-0.25, -0.2) is 4.79 Å². The molecule has 0 heterocycles. The van der Waals surface area contributed by atoms with Crippen molar-refractivity contribution in [2.24, 2.45) is 5.92 Å². The van der Waals surface area contributed by atoms with E-state index in [2.05, 4.69) is 16.0 Å². The van der Waals surface area contributed by atoms with Gasteiger partial charge in [0.05, 0.1) is 0 Å². The molecule has 0 atom stereocenters. The molecule has 0 fully saturated rings. The summed E-state index contributed by atoms with van der Waals surface area (Å²) in [5.41, 5.74) is 2.37. The van der Waals surface area contributed by atoms with Crippen molar-refractivity contribution >= 4 is 29.2 Å². The average Bonchev–Trinajstić information content (AvgIpc) is 2.72. The van der Waals surface area contributed by atoms with Gasteiger partial charge in [0.2, 0.25) is 5.91 Å². The number of halogens is 3. The number of rotatable bonds is 7. The van der Waals surface area contributed by atoms with Crippen LogP contribution in [-0.2, 0) is 11.3 Å². The van der Waals surface area contributed by atoms with Gasteiger partial charge in [0.15, 0.2) is 0 Å². The zero-order valence-electron chi connectivity index (χ0n) is 17.9. The number of amides is 4. The topological polar surface area (TPSA) is 99.3 Å². The molecule has 0 aliphatic heterocycles. The molecule has 0 aromatic heterocycles. The van der Waals surface area contributed by atoms with Gasteiger partial charge in [0.1, 0.15) is 6.54 Å². The van der Waals surface area contributed by atoms with Crippen LogP contribution in [0, 0.1) is 12.8 Å². The highest BCUT2D eigenvalue weighted by atomic mass is 19.4. The summed E-state index contributed by atoms with van der Waals surface area (Å²) in [6.45, 7) is 4.03. The number of benzene rings is 2. The first kappa shape index (κ1) is 24.7. The number of hydrogen-bond donors (Lipinski definition) is 4. The maximum atomic E-state index is 12.3. The summed E-state index contributed by atoms with van der Waals surface area (Å²) >= 11 is 0. The molecule has 0 spiro atoms. The van der Waals surface area contributed by atoms with Crippen LogP contribution < -0.4 is 21.3 Å². The lowest BCUT2D eigenvalue weighted by atomic mass is 10.1. The molecule has 32 heavy (non-hydrogen) atoms. The summed E-state index contributed by atoms with van der Waals surface area (Å²) in [6, 6.07) is 10.6. The van der Waals surface area contributed by atoms with Gasteiger partial charge in [-0.05, 0) is 42.3 Å². The zero-order valence-corrected chi connectivity index (χ0v) is 17.9. The Labute approximate surface area is 183 Å². The lowest BCUT2D eigenvalue weighted by Crippen LogP contribution is -2.33. The normalized spacial score (nSPS) is 11.1. The summed E-state index contributed by atoms with van der Waals surface area (Å²) in [5, 5.41) is 9.81. The first-order valence-electron chi connectivity index (χ1n) is 9.85. The van der Waals surface area contributed by atoms with Crippen LogP contribution in [0.5, 0.6) is 0 Å². The van der Waals surface area contributed by atoms with Crippen molar-refractivity contribution in [1.29, 1.82) is 0 Å². The zero-order chi connectivity index (χ0) is 23.9. The van der Waals surface area contributed by atoms with E-state index in [4.69, 9.17) is 0 Å². The van der Waals surface area contributed by atoms with Crippen molar-refractivity contribution < 1.29 is 27.6 Å². The van der Waals surface area contributed by atoms with Crippen LogP contribution in [0.15, 0.2) is 42.5 Å². The molecule has 10 heteroatoms. The molecule has 0 bridgehead atoms. The van der Waals surface area contributed by atoms with E-state index >= 15 is 0 Å². The highest BCUT2D eigenvalue weighted by Gasteiger charge is 2.28. The predicted octanol–water partition coefficient (Wildman–Crippen LogP) is 4.20. The quantitative estimate of drug-likeness (QED) is 0.509. The molecular formula is C22H25F3N4O3. The van der Waals surface area contributed by atoms with Crippen molar-refractivity contribution in [3.8, 4) is 0 Å². The van der Waals surface area contributed by atoms with Gasteiger partial charge < -0.3 is 21.3 Å². The third-order valence-corrected chi connectivity index (χ3v) is 4.40. The lowest BCUT2D eigenvalue weighted by molar-refractivity contribution is -0.123. The maximum absolute atomic E-state index is 12.3. The number of nitrogens with one attached hydrogen (secondary N) is 4. The van der Waals surface area contributed by atoms with E-state index in [-0.39, 0.29) is 23.9 Å². The van der Waals surface area contributed by atoms with Crippen molar-refractivity contribution in [3.05, 3.63) is 59.2 Å². The smallest absolute Gasteiger partial charge is 0.343 e. The number of carbonyl (C=O) groups excluding carboxylic acids is 3. The van der Waals surface area contributed by atoms with E-state index in [1.54, 1.807) is 50.4 Å². The molecule has 4 N–H and O–H groups in total. The Bertz CT molecular complexity index is 973. The summed E-state index contributed by atoms with van der Waals surface area (Å²) in [6.07, 6.45) is -4.51. The third kappa shape index (κ3) is 7.93. The Morgan fingerprint density at radius 1 is 0.938 bits per heavy atom. The molecule has 0 saturated heterocycles. The van der Waals surface area contributed by atoms with Crippen LogP contribution >= 0.6 is 0 Å². The number of carbonyl (C=O) groups is 3. The van der Waals surface area contributed by atoms with Crippen molar-refractivity contribution in [2.45, 2.75) is 33.5 Å². The number of anilines is 2. The molecular weight excluding hydrogens is 425 g/mol. The Morgan fingerprint density at radius 2 is 1.59 bits per heavy atom. The highest BCUT2D eigenvalue weighted by molar-refractivity contribution is 5.97. The molecule has 7 nitrogen and oxygen atoms in total. The molecule has 0 radical (unpaired) electrons. The standard InChI is InChI=1S/C22H25F3N4O3/c1-13(2)19(30)28-17-8-5-15(6-9-17)11-26-21(32)29-18-10-16(7-4-14(18)3)20(31)27-12-22(23,24)25/h4-10,13H,11-12H2,1-3H3,(H,27,31)(H,28,30)(H2,26,29,32). The summed E-state index contributed by atoms with van der Waals surface area (Å²) in [7, 11) is 0. The number of hydrogen-bond acceptors (Lipinski definition) is 3. The molecule has 2 aromatic carbocycles. The van der Waals surface area contributed by atoms with Crippen LogP contribution in [0.2, 0.25) is 0 Å². The monoisotopic (exact) mass is 450 g/mol. The SMILES string of the molecule is Cc1ccc(C(=O)NCC(F)(F)F)cc1NC(=O)NCc1ccc(NC(=O)C(C)C)cc1. The summed E-state index contributed by atoms with van der Waals surface area (Å²) in [4.78, 5) is 35.9. The van der Waals surface area contributed by atoms with Crippen molar-refractivity contribution in [1.82, 2.24) is 10.6 Å². The number of urea groups is 1. The van der Waals surface area contributed by atoms with Crippen LogP contribution in [0.4, 0.5) is 29.3 Å². The molecule has 4 amide bonds. The average molecular weight is 450 g/mol. The fourth-order valence-electron chi connectivity index (χ4n) is 2.52. The minimum absolute atomic E-state index is 0.00539. The van der Waals surface area contributed by atoms with Gasteiger partial charge in [-0.1, -0.05) is 32.0 Å². The Morgan fingerprint density at radius 3 is 2.19 bits per heavy atom. The van der Waals surface area contributed by atoms with E-state index < -0.39 is 24.7 Å². The number of alkyl halides is 3. The molecule has 0 aliphatic carbocycles. The lowest BCUT2D eigenvalue weighted by Gasteiger charge is -2.13. The van der Waals surface area contributed by atoms with E-state index in [0.717, 1.165) is 5.56 Å². The van der Waals surface area contributed by atoms with Crippen LogP contribution in [-0.4, -0.2) is 30.6 Å². The molecule has 0 unspecified atom stereocenters. The first-order valence-corrected chi connectivity index (χ1v) is 9.85. The van der Waals surface area contributed by atoms with Crippen LogP contribution in [0.1, 0.15) is 35.3 Å². The van der Waals surface area contributed by atoms with E-state index in [1.807, 2.05) is 0 Å². The third-order valence-electron chi connectivity index (χ3n) is 4.40. The molecule has 2 rings (SSSR count). The molecule has 172 valence electrons. The second-order valence-corrected chi connectivity index (χ2v) is 7.48.